The Balaban J connectivity index is 2.29. The fraction of sp³-hybridized carbons (Fsp3) is 0.312. The van der Waals surface area contributed by atoms with E-state index in [1.54, 1.807) is 7.05 Å². The van der Waals surface area contributed by atoms with Crippen LogP contribution in [-0.4, -0.2) is 33.7 Å². The van der Waals surface area contributed by atoms with E-state index < -0.39 is 15.8 Å². The van der Waals surface area contributed by atoms with Gasteiger partial charge >= 0.3 is 0 Å². The number of nitrogens with zero attached hydrogens (tertiary/aromatic N) is 4. The molecule has 0 saturated carbocycles. The number of alkyl halides is 2. The first-order chi connectivity index (χ1) is 12.0. The van der Waals surface area contributed by atoms with Gasteiger partial charge in [-0.15, -0.1) is 0 Å². The third-order valence-corrected chi connectivity index (χ3v) is 5.91. The van der Waals surface area contributed by atoms with Gasteiger partial charge in [-0.05, 0) is 12.1 Å². The molecule has 0 saturated heterocycles. The Bertz CT molecular complexity index is 1110. The average Bonchev–Trinajstić information content (AvgIpc) is 2.90. The molecular formula is C16H15ClF2N4O2S. The standard InChI is InChI=1S/C16H15ClF2N4O2S/c1-4-26(24,25)12-6-10(17)8-20-13(12)15-22-11-5-9(16(2,18)19)7-21-14(11)23(15)3/h5-8H,4H2,1-3H3. The van der Waals surface area contributed by atoms with E-state index in [-0.39, 0.29) is 38.3 Å². The van der Waals surface area contributed by atoms with E-state index in [0.717, 1.165) is 13.1 Å². The number of aromatic nitrogens is 4. The summed E-state index contributed by atoms with van der Waals surface area (Å²) in [5, 5.41) is 0.172. The van der Waals surface area contributed by atoms with Crippen LogP contribution in [0.25, 0.3) is 22.7 Å². The number of fused-ring (bicyclic) bond motifs is 1. The maximum atomic E-state index is 13.5. The van der Waals surface area contributed by atoms with Gasteiger partial charge in [0.25, 0.3) is 5.92 Å². The molecule has 0 aliphatic heterocycles. The molecule has 3 aromatic rings. The molecule has 6 nitrogen and oxygen atoms in total. The van der Waals surface area contributed by atoms with Gasteiger partial charge in [0.05, 0.1) is 15.7 Å². The third kappa shape index (κ3) is 3.16. The summed E-state index contributed by atoms with van der Waals surface area (Å²) in [5.41, 5.74) is 0.379. The number of rotatable bonds is 4. The molecule has 0 spiro atoms. The van der Waals surface area contributed by atoms with Crippen molar-refractivity contribution in [3.63, 3.8) is 0 Å². The number of aryl methyl sites for hydroxylation is 1. The Morgan fingerprint density at radius 3 is 2.54 bits per heavy atom. The van der Waals surface area contributed by atoms with Crippen molar-refractivity contribution < 1.29 is 17.2 Å². The predicted octanol–water partition coefficient (Wildman–Crippen LogP) is 3.59. The van der Waals surface area contributed by atoms with Crippen LogP contribution in [0.3, 0.4) is 0 Å². The molecule has 0 aliphatic carbocycles. The molecule has 0 radical (unpaired) electrons. The monoisotopic (exact) mass is 400 g/mol. The van der Waals surface area contributed by atoms with Crippen LogP contribution in [0.15, 0.2) is 29.4 Å². The first kappa shape index (κ1) is 18.7. The summed E-state index contributed by atoms with van der Waals surface area (Å²) in [6, 6.07) is 2.54. The SMILES string of the molecule is CCS(=O)(=O)c1cc(Cl)cnc1-c1nc2cc(C(C)(F)F)cnc2n1C. The summed E-state index contributed by atoms with van der Waals surface area (Å²) in [5.74, 6) is -3.00. The maximum Gasteiger partial charge on any atom is 0.272 e. The van der Waals surface area contributed by atoms with Gasteiger partial charge in [0.1, 0.15) is 11.2 Å². The number of imidazole rings is 1. The molecule has 3 heterocycles. The molecule has 10 heteroatoms. The van der Waals surface area contributed by atoms with Crippen LogP contribution in [0.1, 0.15) is 19.4 Å². The summed E-state index contributed by atoms with van der Waals surface area (Å²) >= 11 is 5.91. The Morgan fingerprint density at radius 2 is 1.92 bits per heavy atom. The van der Waals surface area contributed by atoms with Crippen LogP contribution in [0.4, 0.5) is 8.78 Å². The van der Waals surface area contributed by atoms with Crippen molar-refractivity contribution in [1.29, 1.82) is 0 Å². The molecule has 0 fully saturated rings. The van der Waals surface area contributed by atoms with E-state index >= 15 is 0 Å². The van der Waals surface area contributed by atoms with Gasteiger partial charge in [-0.3, -0.25) is 4.98 Å². The number of halogens is 3. The zero-order valence-corrected chi connectivity index (χ0v) is 15.7. The summed E-state index contributed by atoms with van der Waals surface area (Å²) in [4.78, 5) is 12.4. The first-order valence-electron chi connectivity index (χ1n) is 7.64. The van der Waals surface area contributed by atoms with E-state index in [1.165, 1.54) is 29.8 Å². The van der Waals surface area contributed by atoms with E-state index in [9.17, 15) is 17.2 Å². The quantitative estimate of drug-likeness (QED) is 0.668. The van der Waals surface area contributed by atoms with Crippen molar-refractivity contribution in [1.82, 2.24) is 19.5 Å². The van der Waals surface area contributed by atoms with Crippen LogP contribution in [0, 0.1) is 0 Å². The molecule has 3 aromatic heterocycles. The van der Waals surface area contributed by atoms with Gasteiger partial charge in [-0.1, -0.05) is 18.5 Å². The highest BCUT2D eigenvalue weighted by Gasteiger charge is 2.27. The second-order valence-corrected chi connectivity index (χ2v) is 8.54. The van der Waals surface area contributed by atoms with Crippen molar-refractivity contribution in [2.24, 2.45) is 7.05 Å². The van der Waals surface area contributed by atoms with Crippen molar-refractivity contribution >= 4 is 32.6 Å². The largest absolute Gasteiger partial charge is 0.310 e. The molecule has 0 unspecified atom stereocenters. The maximum absolute atomic E-state index is 13.5. The van der Waals surface area contributed by atoms with Crippen molar-refractivity contribution in [3.8, 4) is 11.5 Å². The van der Waals surface area contributed by atoms with Gasteiger partial charge in [-0.25, -0.2) is 27.2 Å². The van der Waals surface area contributed by atoms with E-state index in [4.69, 9.17) is 11.6 Å². The van der Waals surface area contributed by atoms with Crippen LogP contribution >= 0.6 is 11.6 Å². The average molecular weight is 401 g/mol. The minimum Gasteiger partial charge on any atom is -0.310 e. The van der Waals surface area contributed by atoms with Gasteiger partial charge in [0.15, 0.2) is 21.3 Å². The molecule has 138 valence electrons. The zero-order valence-electron chi connectivity index (χ0n) is 14.2. The highest BCUT2D eigenvalue weighted by atomic mass is 35.5. The molecule has 0 atom stereocenters. The lowest BCUT2D eigenvalue weighted by atomic mass is 10.2. The Morgan fingerprint density at radius 1 is 1.23 bits per heavy atom. The summed E-state index contributed by atoms with van der Waals surface area (Å²) in [7, 11) is -2.01. The third-order valence-electron chi connectivity index (χ3n) is 3.96. The fourth-order valence-corrected chi connectivity index (χ4v) is 3.79. The molecule has 26 heavy (non-hydrogen) atoms. The predicted molar refractivity (Wildman–Crippen MR) is 94.0 cm³/mol. The number of hydrogen-bond acceptors (Lipinski definition) is 5. The van der Waals surface area contributed by atoms with Crippen LogP contribution < -0.4 is 0 Å². The molecule has 0 aliphatic rings. The second kappa shape index (κ2) is 6.24. The van der Waals surface area contributed by atoms with Gasteiger partial charge < -0.3 is 4.57 Å². The number of sulfone groups is 1. The Hall–Kier alpha value is -2.13. The van der Waals surface area contributed by atoms with E-state index in [2.05, 4.69) is 15.0 Å². The van der Waals surface area contributed by atoms with Crippen LogP contribution in [0.5, 0.6) is 0 Å². The van der Waals surface area contributed by atoms with E-state index in [1.807, 2.05) is 0 Å². The molecule has 0 amide bonds. The smallest absolute Gasteiger partial charge is 0.272 e. The van der Waals surface area contributed by atoms with Gasteiger partial charge in [0.2, 0.25) is 0 Å². The van der Waals surface area contributed by atoms with Gasteiger partial charge in [0, 0.05) is 31.9 Å². The molecule has 3 rings (SSSR count). The lowest BCUT2D eigenvalue weighted by Gasteiger charge is -2.09. The lowest BCUT2D eigenvalue weighted by Crippen LogP contribution is -2.09. The molecule has 0 N–H and O–H groups in total. The molecule has 0 aromatic carbocycles. The minimum absolute atomic E-state index is 0.0630. The van der Waals surface area contributed by atoms with Crippen molar-refractivity contribution in [2.75, 3.05) is 5.75 Å². The van der Waals surface area contributed by atoms with Crippen molar-refractivity contribution in [3.05, 3.63) is 35.1 Å². The number of pyridine rings is 2. The topological polar surface area (TPSA) is 77.7 Å². The summed E-state index contributed by atoms with van der Waals surface area (Å²) in [6.45, 7) is 2.28. The van der Waals surface area contributed by atoms with Gasteiger partial charge in [-0.2, -0.15) is 0 Å². The summed E-state index contributed by atoms with van der Waals surface area (Å²) < 4.78 is 53.4. The second-order valence-electron chi connectivity index (χ2n) is 5.85. The van der Waals surface area contributed by atoms with E-state index in [0.29, 0.717) is 5.65 Å². The highest BCUT2D eigenvalue weighted by molar-refractivity contribution is 7.91. The first-order valence-corrected chi connectivity index (χ1v) is 9.67. The number of hydrogen-bond donors (Lipinski definition) is 0. The lowest BCUT2D eigenvalue weighted by molar-refractivity contribution is 0.0172. The Labute approximate surface area is 153 Å². The highest BCUT2D eigenvalue weighted by Crippen LogP contribution is 2.32. The Kier molecular flexibility index (Phi) is 4.48. The fourth-order valence-electron chi connectivity index (χ4n) is 2.51. The normalized spacial score (nSPS) is 12.7. The van der Waals surface area contributed by atoms with Crippen molar-refractivity contribution in [2.45, 2.75) is 24.7 Å². The minimum atomic E-state index is -3.63. The molecular weight excluding hydrogens is 386 g/mol. The molecule has 0 bridgehead atoms. The van der Waals surface area contributed by atoms with Crippen LogP contribution in [0.2, 0.25) is 5.02 Å². The zero-order chi connectivity index (χ0) is 19.3. The summed E-state index contributed by atoms with van der Waals surface area (Å²) in [6.07, 6.45) is 2.39. The van der Waals surface area contributed by atoms with Crippen LogP contribution in [-0.2, 0) is 22.8 Å².